The largest absolute Gasteiger partial charge is 0.545 e. The number of methoxy groups -OCH3 is 1. The van der Waals surface area contributed by atoms with E-state index in [9.17, 15) is 14.7 Å². The van der Waals surface area contributed by atoms with Crippen LogP contribution in [0.15, 0.2) is 78.0 Å². The number of benzene rings is 3. The summed E-state index contributed by atoms with van der Waals surface area (Å²) in [5, 5.41) is 23.4. The maximum atomic E-state index is 12.5. The Labute approximate surface area is 204 Å². The minimum atomic E-state index is -1.28. The van der Waals surface area contributed by atoms with Gasteiger partial charge in [-0.3, -0.25) is 9.36 Å². The summed E-state index contributed by atoms with van der Waals surface area (Å²) in [6.07, 6.45) is 0. The van der Waals surface area contributed by atoms with Gasteiger partial charge in [-0.15, -0.1) is 10.2 Å². The van der Waals surface area contributed by atoms with Gasteiger partial charge in [-0.2, -0.15) is 0 Å². The minimum absolute atomic E-state index is 0.0366. The van der Waals surface area contributed by atoms with Crippen LogP contribution in [0.4, 0.5) is 5.69 Å². The van der Waals surface area contributed by atoms with Crippen molar-refractivity contribution in [2.24, 2.45) is 0 Å². The van der Waals surface area contributed by atoms with Gasteiger partial charge < -0.3 is 20.0 Å². The number of aromatic carboxylic acids is 1. The fraction of sp³-hybridized carbons (Fsp3) is 0.0833. The highest BCUT2D eigenvalue weighted by atomic mass is 35.5. The summed E-state index contributed by atoms with van der Waals surface area (Å²) in [7, 11) is 1.60. The molecule has 1 heterocycles. The van der Waals surface area contributed by atoms with Gasteiger partial charge in [0.25, 0.3) is 0 Å². The molecule has 0 unspecified atom stereocenters. The number of hydrogen-bond acceptors (Lipinski definition) is 7. The SMILES string of the molecule is COc1ccc(-c2nnc(SCC(=O)Nc3ccc(C(=O)[O-])cc3)n2-c2ccc(Cl)cc2)cc1. The average molecular weight is 494 g/mol. The van der Waals surface area contributed by atoms with Crippen LogP contribution in [-0.4, -0.2) is 39.5 Å². The zero-order valence-corrected chi connectivity index (χ0v) is 19.5. The number of aromatic nitrogens is 3. The Kier molecular flexibility index (Phi) is 7.15. The molecule has 0 radical (unpaired) electrons. The molecular weight excluding hydrogens is 476 g/mol. The molecular formula is C24H18ClN4O4S-. The van der Waals surface area contributed by atoms with Gasteiger partial charge in [0, 0.05) is 22.0 Å². The van der Waals surface area contributed by atoms with Crippen LogP contribution in [0, 0.1) is 0 Å². The molecule has 0 aliphatic carbocycles. The van der Waals surface area contributed by atoms with Crippen LogP contribution < -0.4 is 15.2 Å². The molecule has 0 spiro atoms. The Morgan fingerprint density at radius 1 is 1.00 bits per heavy atom. The molecule has 34 heavy (non-hydrogen) atoms. The van der Waals surface area contributed by atoms with Crippen molar-refractivity contribution >= 4 is 40.9 Å². The van der Waals surface area contributed by atoms with Crippen molar-refractivity contribution in [3.8, 4) is 22.8 Å². The van der Waals surface area contributed by atoms with E-state index in [1.54, 1.807) is 19.2 Å². The molecule has 8 nitrogen and oxygen atoms in total. The van der Waals surface area contributed by atoms with Crippen LogP contribution in [0.5, 0.6) is 5.75 Å². The summed E-state index contributed by atoms with van der Waals surface area (Å²) in [6, 6.07) is 20.4. The van der Waals surface area contributed by atoms with E-state index in [0.29, 0.717) is 21.7 Å². The van der Waals surface area contributed by atoms with Crippen molar-refractivity contribution in [2.45, 2.75) is 5.16 Å². The first-order chi connectivity index (χ1) is 16.4. The first-order valence-electron chi connectivity index (χ1n) is 10.0. The van der Waals surface area contributed by atoms with Crippen LogP contribution in [-0.2, 0) is 4.79 Å². The zero-order chi connectivity index (χ0) is 24.1. The topological polar surface area (TPSA) is 109 Å². The number of ether oxygens (including phenoxy) is 1. The molecule has 1 amide bonds. The molecule has 1 N–H and O–H groups in total. The smallest absolute Gasteiger partial charge is 0.234 e. The van der Waals surface area contributed by atoms with Crippen molar-refractivity contribution in [2.75, 3.05) is 18.2 Å². The summed E-state index contributed by atoms with van der Waals surface area (Å²) in [5.74, 6) is -0.159. The second-order valence-corrected chi connectivity index (χ2v) is 8.43. The third kappa shape index (κ3) is 5.38. The fourth-order valence-electron chi connectivity index (χ4n) is 3.13. The molecule has 0 saturated heterocycles. The number of amides is 1. The zero-order valence-electron chi connectivity index (χ0n) is 17.9. The number of hydrogen-bond donors (Lipinski definition) is 1. The number of halogens is 1. The molecule has 0 aliphatic heterocycles. The van der Waals surface area contributed by atoms with Gasteiger partial charge in [-0.05, 0) is 66.2 Å². The molecule has 0 atom stereocenters. The monoisotopic (exact) mass is 493 g/mol. The van der Waals surface area contributed by atoms with E-state index in [4.69, 9.17) is 16.3 Å². The van der Waals surface area contributed by atoms with E-state index < -0.39 is 5.97 Å². The lowest BCUT2D eigenvalue weighted by Gasteiger charge is -2.11. The van der Waals surface area contributed by atoms with Crippen molar-refractivity contribution in [3.63, 3.8) is 0 Å². The van der Waals surface area contributed by atoms with E-state index >= 15 is 0 Å². The van der Waals surface area contributed by atoms with Crippen molar-refractivity contribution < 1.29 is 19.4 Å². The van der Waals surface area contributed by atoms with Gasteiger partial charge in [0.2, 0.25) is 5.91 Å². The predicted octanol–water partition coefficient (Wildman–Crippen LogP) is 3.69. The summed E-state index contributed by atoms with van der Waals surface area (Å²) in [6.45, 7) is 0. The van der Waals surface area contributed by atoms with E-state index in [0.717, 1.165) is 17.0 Å². The van der Waals surface area contributed by atoms with Crippen LogP contribution in [0.1, 0.15) is 10.4 Å². The van der Waals surface area contributed by atoms with Crippen molar-refractivity contribution in [1.82, 2.24) is 14.8 Å². The average Bonchev–Trinajstić information content (AvgIpc) is 3.27. The molecule has 0 saturated carbocycles. The number of carboxylic acid groups (broad SMARTS) is 1. The summed E-state index contributed by atoms with van der Waals surface area (Å²) < 4.78 is 7.08. The van der Waals surface area contributed by atoms with Crippen LogP contribution in [0.3, 0.4) is 0 Å². The number of anilines is 1. The molecule has 1 aromatic heterocycles. The standard InChI is InChI=1S/C24H19ClN4O4S/c1-33-20-12-4-15(5-13-20)22-27-28-24(29(22)19-10-6-17(25)7-11-19)34-14-21(30)26-18-8-2-16(3-9-18)23(31)32/h2-13H,14H2,1H3,(H,26,30)(H,31,32)/p-1. The molecule has 3 aromatic carbocycles. The minimum Gasteiger partial charge on any atom is -0.545 e. The van der Waals surface area contributed by atoms with Crippen molar-refractivity contribution in [1.29, 1.82) is 0 Å². The lowest BCUT2D eigenvalue weighted by atomic mass is 10.2. The Morgan fingerprint density at radius 2 is 1.68 bits per heavy atom. The molecule has 4 aromatic rings. The second kappa shape index (κ2) is 10.4. The number of carbonyl (C=O) groups is 2. The van der Waals surface area contributed by atoms with Gasteiger partial charge in [-0.1, -0.05) is 35.5 Å². The van der Waals surface area contributed by atoms with Gasteiger partial charge in [0.1, 0.15) is 5.75 Å². The summed E-state index contributed by atoms with van der Waals surface area (Å²) in [5.41, 5.74) is 2.14. The first-order valence-corrected chi connectivity index (χ1v) is 11.4. The molecule has 172 valence electrons. The quantitative estimate of drug-likeness (QED) is 0.373. The number of rotatable bonds is 8. The molecule has 0 aliphatic rings. The fourth-order valence-corrected chi connectivity index (χ4v) is 4.01. The highest BCUT2D eigenvalue weighted by Gasteiger charge is 2.17. The van der Waals surface area contributed by atoms with E-state index in [-0.39, 0.29) is 17.2 Å². The number of carboxylic acids is 1. The van der Waals surface area contributed by atoms with Gasteiger partial charge in [0.15, 0.2) is 11.0 Å². The highest BCUT2D eigenvalue weighted by molar-refractivity contribution is 7.99. The van der Waals surface area contributed by atoms with Gasteiger partial charge in [-0.25, -0.2) is 0 Å². The summed E-state index contributed by atoms with van der Waals surface area (Å²) >= 11 is 7.28. The lowest BCUT2D eigenvalue weighted by molar-refractivity contribution is -0.255. The van der Waals surface area contributed by atoms with Crippen LogP contribution in [0.2, 0.25) is 5.02 Å². The predicted molar refractivity (Wildman–Crippen MR) is 128 cm³/mol. The molecule has 4 rings (SSSR count). The van der Waals surface area contributed by atoms with Gasteiger partial charge in [0.05, 0.1) is 18.8 Å². The maximum Gasteiger partial charge on any atom is 0.234 e. The van der Waals surface area contributed by atoms with E-state index in [2.05, 4.69) is 15.5 Å². The third-order valence-electron chi connectivity index (χ3n) is 4.80. The van der Waals surface area contributed by atoms with E-state index in [1.165, 1.54) is 36.0 Å². The van der Waals surface area contributed by atoms with Crippen molar-refractivity contribution in [3.05, 3.63) is 83.4 Å². The number of nitrogens with one attached hydrogen (secondary N) is 1. The number of thioether (sulfide) groups is 1. The maximum absolute atomic E-state index is 12.5. The highest BCUT2D eigenvalue weighted by Crippen LogP contribution is 2.29. The Morgan fingerprint density at radius 3 is 2.29 bits per heavy atom. The lowest BCUT2D eigenvalue weighted by Crippen LogP contribution is -2.22. The van der Waals surface area contributed by atoms with Crippen LogP contribution in [0.25, 0.3) is 17.1 Å². The Bertz CT molecular complexity index is 1310. The second-order valence-electron chi connectivity index (χ2n) is 7.05. The van der Waals surface area contributed by atoms with Crippen LogP contribution >= 0.6 is 23.4 Å². The normalized spacial score (nSPS) is 10.6. The first kappa shape index (κ1) is 23.3. The molecule has 0 fully saturated rings. The Balaban J connectivity index is 1.56. The number of nitrogens with zero attached hydrogens (tertiary/aromatic N) is 3. The summed E-state index contributed by atoms with van der Waals surface area (Å²) in [4.78, 5) is 23.4. The van der Waals surface area contributed by atoms with E-state index in [1.807, 2.05) is 41.0 Å². The molecule has 0 bridgehead atoms. The number of carbonyl (C=O) groups excluding carboxylic acids is 2. The van der Waals surface area contributed by atoms with Gasteiger partial charge >= 0.3 is 0 Å². The Hall–Kier alpha value is -3.82. The molecule has 10 heteroatoms. The third-order valence-corrected chi connectivity index (χ3v) is 5.98.